The molecular formula is C18H18N2O4. The monoisotopic (exact) mass is 326 g/mol. The van der Waals surface area contributed by atoms with Gasteiger partial charge in [-0.15, -0.1) is 6.58 Å². The normalized spacial score (nSPS) is 10.8. The summed E-state index contributed by atoms with van der Waals surface area (Å²) in [5, 5.41) is 5.19. The Morgan fingerprint density at radius 2 is 2.00 bits per heavy atom. The van der Waals surface area contributed by atoms with Crippen molar-refractivity contribution in [3.8, 4) is 5.75 Å². The summed E-state index contributed by atoms with van der Waals surface area (Å²) in [6, 6.07) is 10.2. The average Bonchev–Trinajstić information content (AvgIpc) is 3.14. The minimum atomic E-state index is -0.506. The first-order valence-corrected chi connectivity index (χ1v) is 7.23. The van der Waals surface area contributed by atoms with Gasteiger partial charge in [-0.25, -0.2) is 0 Å². The minimum absolute atomic E-state index is 0.100. The number of hydrogen-bond acceptors (Lipinski definition) is 4. The van der Waals surface area contributed by atoms with Crippen LogP contribution < -0.4 is 15.4 Å². The molecule has 0 unspecified atom stereocenters. The van der Waals surface area contributed by atoms with E-state index in [4.69, 9.17) is 9.15 Å². The SMILES string of the molecule is C=CCNC(=O)/C(=C\c1ccc(OC)cc1)NC(=O)c1ccco1. The maximum Gasteiger partial charge on any atom is 0.291 e. The Hall–Kier alpha value is -3.28. The first-order valence-electron chi connectivity index (χ1n) is 7.23. The fourth-order valence-corrected chi connectivity index (χ4v) is 1.88. The zero-order chi connectivity index (χ0) is 17.4. The van der Waals surface area contributed by atoms with E-state index in [2.05, 4.69) is 17.2 Å². The second-order valence-electron chi connectivity index (χ2n) is 4.76. The summed E-state index contributed by atoms with van der Waals surface area (Å²) in [7, 11) is 1.57. The smallest absolute Gasteiger partial charge is 0.291 e. The molecule has 0 radical (unpaired) electrons. The molecule has 124 valence electrons. The molecule has 0 atom stereocenters. The van der Waals surface area contributed by atoms with Gasteiger partial charge in [0.25, 0.3) is 11.8 Å². The van der Waals surface area contributed by atoms with Gasteiger partial charge in [0.05, 0.1) is 13.4 Å². The summed E-state index contributed by atoms with van der Waals surface area (Å²) < 4.78 is 10.1. The lowest BCUT2D eigenvalue weighted by Crippen LogP contribution is -2.34. The average molecular weight is 326 g/mol. The van der Waals surface area contributed by atoms with E-state index in [1.165, 1.54) is 12.3 Å². The molecule has 0 saturated heterocycles. The predicted molar refractivity (Wildman–Crippen MR) is 90.4 cm³/mol. The number of carbonyl (C=O) groups is 2. The van der Waals surface area contributed by atoms with Crippen molar-refractivity contribution < 1.29 is 18.7 Å². The summed E-state index contributed by atoms with van der Waals surface area (Å²) >= 11 is 0. The van der Waals surface area contributed by atoms with Crippen molar-refractivity contribution in [1.82, 2.24) is 10.6 Å². The molecule has 6 heteroatoms. The third-order valence-electron chi connectivity index (χ3n) is 3.07. The molecule has 2 rings (SSSR count). The Labute approximate surface area is 139 Å². The van der Waals surface area contributed by atoms with Gasteiger partial charge in [0.2, 0.25) is 0 Å². The first-order chi connectivity index (χ1) is 11.6. The molecule has 0 spiro atoms. The Bertz CT molecular complexity index is 731. The van der Waals surface area contributed by atoms with E-state index in [0.717, 1.165) is 5.56 Å². The number of furan rings is 1. The molecule has 0 aliphatic heterocycles. The van der Waals surface area contributed by atoms with Gasteiger partial charge in [-0.3, -0.25) is 9.59 Å². The van der Waals surface area contributed by atoms with Crippen molar-refractivity contribution in [3.63, 3.8) is 0 Å². The number of benzene rings is 1. The summed E-state index contributed by atoms with van der Waals surface area (Å²) in [5.74, 6) is -0.115. The van der Waals surface area contributed by atoms with Crippen molar-refractivity contribution in [2.24, 2.45) is 0 Å². The van der Waals surface area contributed by atoms with Crippen LogP contribution in [0.5, 0.6) is 5.75 Å². The van der Waals surface area contributed by atoms with Crippen molar-refractivity contribution in [2.45, 2.75) is 0 Å². The second kappa shape index (κ2) is 8.38. The van der Waals surface area contributed by atoms with Crippen LogP contribution in [-0.2, 0) is 4.79 Å². The topological polar surface area (TPSA) is 80.6 Å². The summed E-state index contributed by atoms with van der Waals surface area (Å²) in [6.07, 6.45) is 4.51. The molecule has 2 amide bonds. The highest BCUT2D eigenvalue weighted by Crippen LogP contribution is 2.14. The number of hydrogen-bond donors (Lipinski definition) is 2. The first kappa shape index (κ1) is 17.1. The highest BCUT2D eigenvalue weighted by molar-refractivity contribution is 6.04. The van der Waals surface area contributed by atoms with Crippen LogP contribution in [0.3, 0.4) is 0 Å². The summed E-state index contributed by atoms with van der Waals surface area (Å²) in [5.41, 5.74) is 0.836. The quantitative estimate of drug-likeness (QED) is 0.604. The number of carbonyl (C=O) groups excluding carboxylic acids is 2. The maximum atomic E-state index is 12.2. The van der Waals surface area contributed by atoms with Crippen LogP contribution in [0.25, 0.3) is 6.08 Å². The van der Waals surface area contributed by atoms with Gasteiger partial charge >= 0.3 is 0 Å². The third-order valence-corrected chi connectivity index (χ3v) is 3.07. The van der Waals surface area contributed by atoms with Crippen LogP contribution in [0.1, 0.15) is 16.1 Å². The molecule has 6 nitrogen and oxygen atoms in total. The van der Waals surface area contributed by atoms with E-state index < -0.39 is 11.8 Å². The van der Waals surface area contributed by atoms with Crippen LogP contribution in [0.2, 0.25) is 0 Å². The van der Waals surface area contributed by atoms with Crippen molar-refractivity contribution in [2.75, 3.05) is 13.7 Å². The Morgan fingerprint density at radius 3 is 2.58 bits per heavy atom. The highest BCUT2D eigenvalue weighted by Gasteiger charge is 2.15. The number of nitrogens with one attached hydrogen (secondary N) is 2. The highest BCUT2D eigenvalue weighted by atomic mass is 16.5. The molecule has 0 aliphatic carbocycles. The fourth-order valence-electron chi connectivity index (χ4n) is 1.88. The zero-order valence-electron chi connectivity index (χ0n) is 13.2. The van der Waals surface area contributed by atoms with Gasteiger partial charge in [-0.05, 0) is 35.9 Å². The van der Waals surface area contributed by atoms with Gasteiger partial charge in [0.15, 0.2) is 5.76 Å². The Balaban J connectivity index is 2.23. The molecule has 24 heavy (non-hydrogen) atoms. The standard InChI is InChI=1S/C18H18N2O4/c1-3-10-19-17(21)15(20-18(22)16-5-4-11-24-16)12-13-6-8-14(23-2)9-7-13/h3-9,11-12H,1,10H2,2H3,(H,19,21)(H,20,22)/b15-12+. The van der Waals surface area contributed by atoms with Gasteiger partial charge in [-0.1, -0.05) is 18.2 Å². The number of amides is 2. The van der Waals surface area contributed by atoms with Gasteiger partial charge < -0.3 is 19.8 Å². The van der Waals surface area contributed by atoms with Crippen LogP contribution in [-0.4, -0.2) is 25.5 Å². The molecule has 1 heterocycles. The van der Waals surface area contributed by atoms with Crippen LogP contribution in [0, 0.1) is 0 Å². The Kier molecular flexibility index (Phi) is 5.96. The lowest BCUT2D eigenvalue weighted by molar-refractivity contribution is -0.117. The summed E-state index contributed by atoms with van der Waals surface area (Å²) in [6.45, 7) is 3.83. The lowest BCUT2D eigenvalue weighted by Gasteiger charge is -2.09. The predicted octanol–water partition coefficient (Wildman–Crippen LogP) is 2.36. The molecule has 2 N–H and O–H groups in total. The van der Waals surface area contributed by atoms with Gasteiger partial charge in [-0.2, -0.15) is 0 Å². The van der Waals surface area contributed by atoms with E-state index in [0.29, 0.717) is 5.75 Å². The van der Waals surface area contributed by atoms with Crippen molar-refractivity contribution >= 4 is 17.9 Å². The molecule has 0 bridgehead atoms. The molecule has 2 aromatic rings. The molecule has 0 fully saturated rings. The maximum absolute atomic E-state index is 12.2. The van der Waals surface area contributed by atoms with Crippen molar-refractivity contribution in [1.29, 1.82) is 0 Å². The number of ether oxygens (including phenoxy) is 1. The second-order valence-corrected chi connectivity index (χ2v) is 4.76. The zero-order valence-corrected chi connectivity index (χ0v) is 13.2. The van der Waals surface area contributed by atoms with E-state index in [9.17, 15) is 9.59 Å². The molecule has 1 aromatic carbocycles. The van der Waals surface area contributed by atoms with Crippen molar-refractivity contribution in [3.05, 3.63) is 72.3 Å². The van der Waals surface area contributed by atoms with E-state index >= 15 is 0 Å². The van der Waals surface area contributed by atoms with Gasteiger partial charge in [0.1, 0.15) is 11.4 Å². The number of methoxy groups -OCH3 is 1. The van der Waals surface area contributed by atoms with Crippen LogP contribution in [0.15, 0.2) is 65.4 Å². The molecule has 0 saturated carbocycles. The fraction of sp³-hybridized carbons (Fsp3) is 0.111. The van der Waals surface area contributed by atoms with E-state index in [1.54, 1.807) is 49.6 Å². The molecule has 1 aromatic heterocycles. The van der Waals surface area contributed by atoms with E-state index in [1.807, 2.05) is 0 Å². The minimum Gasteiger partial charge on any atom is -0.497 e. The van der Waals surface area contributed by atoms with Gasteiger partial charge in [0, 0.05) is 6.54 Å². The molecule has 0 aliphatic rings. The lowest BCUT2D eigenvalue weighted by atomic mass is 10.1. The molecular weight excluding hydrogens is 308 g/mol. The van der Waals surface area contributed by atoms with Crippen LogP contribution >= 0.6 is 0 Å². The summed E-state index contributed by atoms with van der Waals surface area (Å²) in [4.78, 5) is 24.4. The number of rotatable bonds is 7. The Morgan fingerprint density at radius 1 is 1.25 bits per heavy atom. The van der Waals surface area contributed by atoms with Crippen LogP contribution in [0.4, 0.5) is 0 Å². The largest absolute Gasteiger partial charge is 0.497 e. The third kappa shape index (κ3) is 4.61. The van der Waals surface area contributed by atoms with E-state index in [-0.39, 0.29) is 18.0 Å².